The van der Waals surface area contributed by atoms with Crippen LogP contribution in [0, 0.1) is 6.92 Å². The molecule has 0 radical (unpaired) electrons. The number of pyridine rings is 1. The van der Waals surface area contributed by atoms with Crippen molar-refractivity contribution >= 4 is 10.9 Å². The second kappa shape index (κ2) is 6.80. The van der Waals surface area contributed by atoms with Crippen LogP contribution in [0.2, 0.25) is 0 Å². The summed E-state index contributed by atoms with van der Waals surface area (Å²) >= 11 is 0. The molecule has 3 heterocycles. The van der Waals surface area contributed by atoms with Gasteiger partial charge in [0.15, 0.2) is 0 Å². The van der Waals surface area contributed by atoms with Crippen molar-refractivity contribution in [1.82, 2.24) is 24.9 Å². The Labute approximate surface area is 147 Å². The zero-order valence-corrected chi connectivity index (χ0v) is 14.8. The molecule has 1 aromatic carbocycles. The number of aromatic nitrogens is 4. The molecule has 6 heteroatoms. The summed E-state index contributed by atoms with van der Waals surface area (Å²) in [5.41, 5.74) is 3.89. The molecule has 1 fully saturated rings. The van der Waals surface area contributed by atoms with Crippen LogP contribution < -0.4 is 4.74 Å². The van der Waals surface area contributed by atoms with Crippen LogP contribution in [-0.4, -0.2) is 45.1 Å². The summed E-state index contributed by atoms with van der Waals surface area (Å²) in [4.78, 5) is 7.07. The number of nitrogens with zero attached hydrogens (tertiary/aromatic N) is 5. The number of fused-ring (bicyclic) bond motifs is 1. The van der Waals surface area contributed by atoms with Gasteiger partial charge < -0.3 is 4.74 Å². The lowest BCUT2D eigenvalue weighted by atomic mass is 10.1. The summed E-state index contributed by atoms with van der Waals surface area (Å²) < 4.78 is 7.23. The highest BCUT2D eigenvalue weighted by atomic mass is 16.5. The van der Waals surface area contributed by atoms with Gasteiger partial charge in [0.1, 0.15) is 5.75 Å². The molecule has 130 valence electrons. The molecule has 1 saturated heterocycles. The molecule has 1 aliphatic rings. The van der Waals surface area contributed by atoms with E-state index >= 15 is 0 Å². The number of ether oxygens (including phenoxy) is 1. The van der Waals surface area contributed by atoms with E-state index in [1.807, 2.05) is 42.1 Å². The third-order valence-electron chi connectivity index (χ3n) is 4.74. The lowest BCUT2D eigenvalue weighted by Crippen LogP contribution is -2.29. The lowest BCUT2D eigenvalue weighted by molar-refractivity contribution is 0.218. The average molecular weight is 337 g/mol. The maximum absolute atomic E-state index is 5.37. The summed E-state index contributed by atoms with van der Waals surface area (Å²) in [7, 11) is 1.68. The Morgan fingerprint density at radius 2 is 1.96 bits per heavy atom. The Balaban J connectivity index is 1.69. The second-order valence-corrected chi connectivity index (χ2v) is 6.66. The Morgan fingerprint density at radius 3 is 2.76 bits per heavy atom. The predicted octanol–water partition coefficient (Wildman–Crippen LogP) is 3.12. The number of methoxy groups -OCH3 is 1. The van der Waals surface area contributed by atoms with E-state index in [-0.39, 0.29) is 0 Å². The quantitative estimate of drug-likeness (QED) is 0.732. The van der Waals surface area contributed by atoms with Gasteiger partial charge in [0.25, 0.3) is 0 Å². The topological polar surface area (TPSA) is 56.1 Å². The summed E-state index contributed by atoms with van der Waals surface area (Å²) in [6.45, 7) is 5.17. The number of rotatable bonds is 4. The SMILES string of the molecule is COc1ccc2nc(C)cc(-n3cc(CN4CCCCC4)nn3)c2c1. The number of piperidine rings is 1. The fourth-order valence-electron chi connectivity index (χ4n) is 3.47. The van der Waals surface area contributed by atoms with Crippen LogP contribution in [-0.2, 0) is 6.54 Å². The number of hydrogen-bond acceptors (Lipinski definition) is 5. The smallest absolute Gasteiger partial charge is 0.119 e. The van der Waals surface area contributed by atoms with Gasteiger partial charge >= 0.3 is 0 Å². The summed E-state index contributed by atoms with van der Waals surface area (Å²) in [6.07, 6.45) is 5.93. The van der Waals surface area contributed by atoms with Crippen LogP contribution in [0.3, 0.4) is 0 Å². The molecule has 3 aromatic rings. The van der Waals surface area contributed by atoms with Crippen molar-refractivity contribution in [1.29, 1.82) is 0 Å². The van der Waals surface area contributed by atoms with Crippen molar-refractivity contribution in [2.75, 3.05) is 20.2 Å². The number of hydrogen-bond donors (Lipinski definition) is 0. The van der Waals surface area contributed by atoms with Crippen LogP contribution in [0.15, 0.2) is 30.5 Å². The van der Waals surface area contributed by atoms with Crippen LogP contribution >= 0.6 is 0 Å². The normalized spacial score (nSPS) is 15.6. The maximum atomic E-state index is 5.37. The second-order valence-electron chi connectivity index (χ2n) is 6.66. The van der Waals surface area contributed by atoms with Crippen molar-refractivity contribution in [2.45, 2.75) is 32.7 Å². The van der Waals surface area contributed by atoms with Gasteiger partial charge in [-0.05, 0) is 57.1 Å². The van der Waals surface area contributed by atoms with E-state index in [1.54, 1.807) is 7.11 Å². The minimum absolute atomic E-state index is 0.813. The van der Waals surface area contributed by atoms with E-state index < -0.39 is 0 Å². The van der Waals surface area contributed by atoms with Crippen LogP contribution in [0.5, 0.6) is 5.75 Å². The Kier molecular flexibility index (Phi) is 4.36. The molecule has 4 rings (SSSR count). The summed E-state index contributed by atoms with van der Waals surface area (Å²) in [5, 5.41) is 9.77. The Bertz CT molecular complexity index is 883. The molecule has 0 bridgehead atoms. The molecule has 0 saturated carbocycles. The lowest BCUT2D eigenvalue weighted by Gasteiger charge is -2.25. The molecule has 25 heavy (non-hydrogen) atoms. The Hall–Kier alpha value is -2.47. The zero-order valence-electron chi connectivity index (χ0n) is 14.8. The van der Waals surface area contributed by atoms with E-state index in [9.17, 15) is 0 Å². The van der Waals surface area contributed by atoms with Crippen LogP contribution in [0.25, 0.3) is 16.6 Å². The van der Waals surface area contributed by atoms with Crippen molar-refractivity contribution in [3.05, 3.63) is 41.9 Å². The van der Waals surface area contributed by atoms with Gasteiger partial charge in [-0.3, -0.25) is 9.88 Å². The van der Waals surface area contributed by atoms with Crippen LogP contribution in [0.1, 0.15) is 30.7 Å². The van der Waals surface area contributed by atoms with Gasteiger partial charge in [-0.15, -0.1) is 5.10 Å². The molecule has 2 aromatic heterocycles. The standard InChI is InChI=1S/C19H23N5O/c1-14-10-19(17-11-16(25-2)6-7-18(17)20-14)24-13-15(21-22-24)12-23-8-4-3-5-9-23/h6-7,10-11,13H,3-5,8-9,12H2,1-2H3. The largest absolute Gasteiger partial charge is 0.497 e. The molecule has 0 amide bonds. The van der Waals surface area contributed by atoms with Crippen molar-refractivity contribution in [2.24, 2.45) is 0 Å². The average Bonchev–Trinajstić information content (AvgIpc) is 3.10. The first kappa shape index (κ1) is 16.0. The number of benzene rings is 1. The fraction of sp³-hybridized carbons (Fsp3) is 0.421. The highest BCUT2D eigenvalue weighted by Crippen LogP contribution is 2.26. The minimum atomic E-state index is 0.813. The van der Waals surface area contributed by atoms with Crippen molar-refractivity contribution < 1.29 is 4.74 Å². The number of likely N-dealkylation sites (tertiary alicyclic amines) is 1. The highest BCUT2D eigenvalue weighted by molar-refractivity contribution is 5.88. The zero-order chi connectivity index (χ0) is 17.2. The molecular weight excluding hydrogens is 314 g/mol. The molecule has 0 unspecified atom stereocenters. The van der Waals surface area contributed by atoms with Gasteiger partial charge in [0.05, 0.1) is 30.2 Å². The molecule has 0 aliphatic carbocycles. The van der Waals surface area contributed by atoms with E-state index in [0.717, 1.165) is 53.4 Å². The first-order valence-corrected chi connectivity index (χ1v) is 8.82. The third-order valence-corrected chi connectivity index (χ3v) is 4.74. The number of aryl methyl sites for hydroxylation is 1. The molecule has 0 atom stereocenters. The molecule has 6 nitrogen and oxygen atoms in total. The predicted molar refractivity (Wildman–Crippen MR) is 97.1 cm³/mol. The van der Waals surface area contributed by atoms with Crippen LogP contribution in [0.4, 0.5) is 0 Å². The maximum Gasteiger partial charge on any atom is 0.119 e. The first-order chi connectivity index (χ1) is 12.2. The molecule has 0 spiro atoms. The van der Waals surface area contributed by atoms with Crippen molar-refractivity contribution in [3.8, 4) is 11.4 Å². The van der Waals surface area contributed by atoms with Gasteiger partial charge in [0.2, 0.25) is 0 Å². The van der Waals surface area contributed by atoms with E-state index in [2.05, 4.69) is 20.2 Å². The van der Waals surface area contributed by atoms with E-state index in [0.29, 0.717) is 0 Å². The fourth-order valence-corrected chi connectivity index (χ4v) is 3.47. The summed E-state index contributed by atoms with van der Waals surface area (Å²) in [5.74, 6) is 0.813. The van der Waals surface area contributed by atoms with Gasteiger partial charge in [0, 0.05) is 17.6 Å². The Morgan fingerprint density at radius 1 is 1.12 bits per heavy atom. The van der Waals surface area contributed by atoms with Crippen molar-refractivity contribution in [3.63, 3.8) is 0 Å². The van der Waals surface area contributed by atoms with Gasteiger partial charge in [-0.25, -0.2) is 4.68 Å². The molecule has 0 N–H and O–H groups in total. The van der Waals surface area contributed by atoms with E-state index in [1.165, 1.54) is 19.3 Å². The van der Waals surface area contributed by atoms with Gasteiger partial charge in [-0.1, -0.05) is 11.6 Å². The highest BCUT2D eigenvalue weighted by Gasteiger charge is 2.14. The van der Waals surface area contributed by atoms with E-state index in [4.69, 9.17) is 4.74 Å². The minimum Gasteiger partial charge on any atom is -0.497 e. The summed E-state index contributed by atoms with van der Waals surface area (Å²) in [6, 6.07) is 7.96. The molecular formula is C19H23N5O. The van der Waals surface area contributed by atoms with Gasteiger partial charge in [-0.2, -0.15) is 0 Å². The molecule has 1 aliphatic heterocycles. The third kappa shape index (κ3) is 3.35. The first-order valence-electron chi connectivity index (χ1n) is 8.82. The monoisotopic (exact) mass is 337 g/mol.